The quantitative estimate of drug-likeness (QED) is 0.592. The average Bonchev–Trinajstić information content (AvgIpc) is 2.50. The van der Waals surface area contributed by atoms with Crippen LogP contribution in [0.25, 0.3) is 0 Å². The third-order valence-corrected chi connectivity index (χ3v) is 4.93. The Kier molecular flexibility index (Phi) is 3.08. The molecule has 0 N–H and O–H groups in total. The van der Waals surface area contributed by atoms with Gasteiger partial charge < -0.3 is 0 Å². The van der Waals surface area contributed by atoms with Crippen LogP contribution in [0.5, 0.6) is 0 Å². The smallest absolute Gasteiger partial charge is 0.0849 e. The number of hydrogen-bond acceptors (Lipinski definition) is 1. The maximum absolute atomic E-state index is 6.58. The minimum absolute atomic E-state index is 0.102. The Balaban J connectivity index is 2.20. The highest BCUT2D eigenvalue weighted by Gasteiger charge is 2.22. The van der Waals surface area contributed by atoms with E-state index in [9.17, 15) is 0 Å². The van der Waals surface area contributed by atoms with Gasteiger partial charge in [-0.3, -0.25) is 0 Å². The molecular weight excluding hydrogens is 271 g/mol. The van der Waals surface area contributed by atoms with E-state index in [2.05, 4.69) is 18.2 Å². The van der Waals surface area contributed by atoms with Crippen LogP contribution in [0.4, 0.5) is 0 Å². The number of hydrogen-bond donors (Lipinski definition) is 0. The van der Waals surface area contributed by atoms with E-state index in [1.807, 2.05) is 24.3 Å². The van der Waals surface area contributed by atoms with Crippen molar-refractivity contribution in [2.75, 3.05) is 0 Å². The maximum Gasteiger partial charge on any atom is 0.0849 e. The molecule has 0 saturated heterocycles. The second-order valence-electron chi connectivity index (χ2n) is 4.00. The fourth-order valence-corrected chi connectivity index (χ4v) is 4.04. The molecule has 0 bridgehead atoms. The Labute approximate surface area is 115 Å². The van der Waals surface area contributed by atoms with Crippen LogP contribution in [-0.2, 0) is 5.75 Å². The maximum atomic E-state index is 6.58. The first-order valence-electron chi connectivity index (χ1n) is 5.40. The van der Waals surface area contributed by atoms with E-state index in [0.717, 1.165) is 21.9 Å². The molecular formula is C14H10Cl2S. The zero-order chi connectivity index (χ0) is 11.8. The van der Waals surface area contributed by atoms with Gasteiger partial charge in [0, 0.05) is 15.7 Å². The van der Waals surface area contributed by atoms with Gasteiger partial charge in [-0.2, -0.15) is 0 Å². The molecule has 0 spiro atoms. The van der Waals surface area contributed by atoms with Gasteiger partial charge in [-0.15, -0.1) is 23.4 Å². The first-order chi connectivity index (χ1) is 8.27. The molecule has 1 atom stereocenters. The minimum Gasteiger partial charge on any atom is -0.121 e. The summed E-state index contributed by atoms with van der Waals surface area (Å²) in [5, 5.41) is 0.711. The van der Waals surface area contributed by atoms with Gasteiger partial charge >= 0.3 is 0 Å². The Morgan fingerprint density at radius 2 is 1.76 bits per heavy atom. The van der Waals surface area contributed by atoms with Crippen molar-refractivity contribution < 1.29 is 0 Å². The van der Waals surface area contributed by atoms with Crippen LogP contribution in [0, 0.1) is 0 Å². The topological polar surface area (TPSA) is 0 Å². The van der Waals surface area contributed by atoms with Crippen molar-refractivity contribution in [2.45, 2.75) is 16.0 Å². The summed E-state index contributed by atoms with van der Waals surface area (Å²) in [7, 11) is 0. The van der Waals surface area contributed by atoms with Crippen molar-refractivity contribution in [3.63, 3.8) is 0 Å². The minimum atomic E-state index is -0.102. The highest BCUT2D eigenvalue weighted by molar-refractivity contribution is 7.98. The van der Waals surface area contributed by atoms with Crippen LogP contribution in [0.1, 0.15) is 22.1 Å². The number of halogens is 2. The van der Waals surface area contributed by atoms with Gasteiger partial charge in [-0.05, 0) is 28.8 Å². The van der Waals surface area contributed by atoms with Crippen LogP contribution in [0.3, 0.4) is 0 Å². The normalized spacial score (nSPS) is 18.1. The molecule has 0 nitrogen and oxygen atoms in total. The summed E-state index contributed by atoms with van der Waals surface area (Å²) < 4.78 is 0. The summed E-state index contributed by atoms with van der Waals surface area (Å²) >= 11 is 14.6. The molecule has 1 heterocycles. The van der Waals surface area contributed by atoms with Gasteiger partial charge in [0.05, 0.1) is 5.38 Å². The van der Waals surface area contributed by atoms with E-state index >= 15 is 0 Å². The number of benzene rings is 2. The lowest BCUT2D eigenvalue weighted by Gasteiger charge is -2.13. The summed E-state index contributed by atoms with van der Waals surface area (Å²) in [4.78, 5) is 1.25. The molecule has 0 aromatic heterocycles. The number of fused-ring (bicyclic) bond motifs is 2. The van der Waals surface area contributed by atoms with E-state index in [4.69, 9.17) is 23.2 Å². The SMILES string of the molecule is Clc1cccc2c1CSc1ccccc1C2Cl. The van der Waals surface area contributed by atoms with Gasteiger partial charge in [0.25, 0.3) is 0 Å². The molecule has 86 valence electrons. The van der Waals surface area contributed by atoms with Crippen molar-refractivity contribution in [2.24, 2.45) is 0 Å². The Bertz CT molecular complexity index is 566. The Hall–Kier alpha value is -0.630. The molecule has 2 aromatic rings. The number of rotatable bonds is 0. The molecule has 0 saturated carbocycles. The van der Waals surface area contributed by atoms with E-state index in [1.54, 1.807) is 11.8 Å². The summed E-state index contributed by atoms with van der Waals surface area (Å²) in [5.74, 6) is 0.884. The van der Waals surface area contributed by atoms with Gasteiger partial charge in [0.15, 0.2) is 0 Å². The molecule has 0 amide bonds. The molecule has 3 heteroatoms. The predicted molar refractivity (Wildman–Crippen MR) is 75.2 cm³/mol. The lowest BCUT2D eigenvalue weighted by molar-refractivity contribution is 1.08. The summed E-state index contributed by atoms with van der Waals surface area (Å²) in [6.07, 6.45) is 0. The molecule has 0 fully saturated rings. The van der Waals surface area contributed by atoms with Crippen molar-refractivity contribution in [1.29, 1.82) is 0 Å². The van der Waals surface area contributed by atoms with E-state index in [0.29, 0.717) is 0 Å². The lowest BCUT2D eigenvalue weighted by atomic mass is 10.0. The predicted octanol–water partition coefficient (Wildman–Crippen LogP) is 5.27. The fourth-order valence-electron chi connectivity index (χ4n) is 2.10. The monoisotopic (exact) mass is 280 g/mol. The summed E-state index contributed by atoms with van der Waals surface area (Å²) in [6, 6.07) is 14.3. The number of thioether (sulfide) groups is 1. The molecule has 3 rings (SSSR count). The Morgan fingerprint density at radius 3 is 2.65 bits per heavy atom. The summed E-state index contributed by atoms with van der Waals surface area (Å²) in [6.45, 7) is 0. The molecule has 1 unspecified atom stereocenters. The van der Waals surface area contributed by atoms with Gasteiger partial charge in [0.1, 0.15) is 0 Å². The fraction of sp³-hybridized carbons (Fsp3) is 0.143. The van der Waals surface area contributed by atoms with Crippen LogP contribution in [-0.4, -0.2) is 0 Å². The molecule has 17 heavy (non-hydrogen) atoms. The van der Waals surface area contributed by atoms with Crippen LogP contribution in [0.2, 0.25) is 5.02 Å². The van der Waals surface area contributed by atoms with Gasteiger partial charge in [-0.1, -0.05) is 41.9 Å². The van der Waals surface area contributed by atoms with Crippen LogP contribution in [0.15, 0.2) is 47.4 Å². The zero-order valence-electron chi connectivity index (χ0n) is 8.99. The average molecular weight is 281 g/mol. The zero-order valence-corrected chi connectivity index (χ0v) is 11.3. The molecule has 0 radical (unpaired) electrons. The second kappa shape index (κ2) is 4.56. The van der Waals surface area contributed by atoms with Crippen LogP contribution >= 0.6 is 35.0 Å². The van der Waals surface area contributed by atoms with Crippen molar-refractivity contribution >= 4 is 35.0 Å². The first-order valence-corrected chi connectivity index (χ1v) is 7.20. The lowest BCUT2D eigenvalue weighted by Crippen LogP contribution is -1.96. The number of alkyl halides is 1. The third kappa shape index (κ3) is 1.97. The standard InChI is InChI=1S/C14H10Cl2S/c15-12-6-3-5-9-11(12)8-17-13-7-2-1-4-10(13)14(9)16/h1-7,14H,8H2. The van der Waals surface area contributed by atoms with E-state index < -0.39 is 0 Å². The van der Waals surface area contributed by atoms with Crippen molar-refractivity contribution in [1.82, 2.24) is 0 Å². The largest absolute Gasteiger partial charge is 0.121 e. The highest BCUT2D eigenvalue weighted by Crippen LogP contribution is 2.44. The molecule has 1 aliphatic heterocycles. The van der Waals surface area contributed by atoms with Gasteiger partial charge in [0.2, 0.25) is 0 Å². The highest BCUT2D eigenvalue weighted by atomic mass is 35.5. The Morgan fingerprint density at radius 1 is 1.00 bits per heavy atom. The van der Waals surface area contributed by atoms with Crippen molar-refractivity contribution in [3.05, 3.63) is 64.2 Å². The van der Waals surface area contributed by atoms with Crippen molar-refractivity contribution in [3.8, 4) is 0 Å². The van der Waals surface area contributed by atoms with Crippen LogP contribution < -0.4 is 0 Å². The molecule has 0 aliphatic carbocycles. The van der Waals surface area contributed by atoms with Gasteiger partial charge in [-0.25, -0.2) is 0 Å². The second-order valence-corrected chi connectivity index (χ2v) is 5.86. The summed E-state index contributed by atoms with van der Waals surface area (Å²) in [5.41, 5.74) is 3.48. The molecule has 1 aliphatic rings. The van der Waals surface area contributed by atoms with E-state index in [1.165, 1.54) is 10.5 Å². The first kappa shape index (κ1) is 11.5. The molecule has 2 aromatic carbocycles. The third-order valence-electron chi connectivity index (χ3n) is 2.99. The van der Waals surface area contributed by atoms with E-state index in [-0.39, 0.29) is 5.38 Å².